The van der Waals surface area contributed by atoms with E-state index in [1.165, 1.54) is 28.8 Å². The van der Waals surface area contributed by atoms with Crippen LogP contribution in [0.3, 0.4) is 0 Å². The summed E-state index contributed by atoms with van der Waals surface area (Å²) in [6.45, 7) is 2.09. The van der Waals surface area contributed by atoms with E-state index in [0.717, 1.165) is 11.1 Å². The number of carbonyl (C=O) groups excluding carboxylic acids is 2. The Labute approximate surface area is 212 Å². The molecule has 1 atom stereocenters. The van der Waals surface area contributed by atoms with Crippen molar-refractivity contribution in [2.24, 2.45) is 4.99 Å². The van der Waals surface area contributed by atoms with Gasteiger partial charge in [-0.05, 0) is 66.6 Å². The predicted octanol–water partition coefficient (Wildman–Crippen LogP) is 5.96. The number of nitrogens with one attached hydrogen (secondary N) is 1. The topological polar surface area (TPSA) is 71.0 Å². The third-order valence-corrected chi connectivity index (χ3v) is 7.02. The molecule has 0 aliphatic carbocycles. The van der Waals surface area contributed by atoms with Crippen molar-refractivity contribution in [2.45, 2.75) is 25.1 Å². The fourth-order valence-electron chi connectivity index (χ4n) is 3.43. The van der Waals surface area contributed by atoms with Gasteiger partial charge < -0.3 is 10.1 Å². The number of benzene rings is 3. The lowest BCUT2D eigenvalue weighted by Gasteiger charge is -2.32. The molecule has 0 spiro atoms. The first kappa shape index (κ1) is 24.8. The van der Waals surface area contributed by atoms with E-state index in [4.69, 9.17) is 16.3 Å². The average molecular weight is 512 g/mol. The van der Waals surface area contributed by atoms with Crippen molar-refractivity contribution >= 4 is 51.7 Å². The summed E-state index contributed by atoms with van der Waals surface area (Å²) in [6, 6.07) is 18.3. The highest BCUT2D eigenvalue weighted by Crippen LogP contribution is 2.32. The Hall–Kier alpha value is -3.36. The van der Waals surface area contributed by atoms with Crippen LogP contribution in [0.25, 0.3) is 0 Å². The summed E-state index contributed by atoms with van der Waals surface area (Å²) in [5.74, 6) is -0.235. The van der Waals surface area contributed by atoms with Gasteiger partial charge in [-0.1, -0.05) is 41.6 Å². The van der Waals surface area contributed by atoms with E-state index >= 15 is 0 Å². The van der Waals surface area contributed by atoms with Crippen molar-refractivity contribution < 1.29 is 18.7 Å². The van der Waals surface area contributed by atoms with E-state index in [2.05, 4.69) is 10.3 Å². The van der Waals surface area contributed by atoms with Crippen molar-refractivity contribution in [1.29, 1.82) is 0 Å². The second-order valence-corrected chi connectivity index (χ2v) is 9.54. The van der Waals surface area contributed by atoms with E-state index in [-0.39, 0.29) is 30.6 Å². The Bertz CT molecular complexity index is 1270. The number of rotatable bonds is 6. The zero-order chi connectivity index (χ0) is 24.9. The van der Waals surface area contributed by atoms with Gasteiger partial charge in [0.25, 0.3) is 0 Å². The van der Waals surface area contributed by atoms with Crippen LogP contribution in [0.2, 0.25) is 5.02 Å². The number of aliphatic imine (C=N–C) groups is 1. The zero-order valence-electron chi connectivity index (χ0n) is 19.1. The minimum Gasteiger partial charge on any atom is -0.497 e. The van der Waals surface area contributed by atoms with Crippen molar-refractivity contribution in [2.75, 3.05) is 12.4 Å². The molecule has 180 valence electrons. The van der Waals surface area contributed by atoms with E-state index in [1.807, 2.05) is 13.0 Å². The molecular weight excluding hydrogens is 489 g/mol. The van der Waals surface area contributed by atoms with Gasteiger partial charge >= 0.3 is 0 Å². The van der Waals surface area contributed by atoms with Gasteiger partial charge in [-0.3, -0.25) is 14.5 Å². The molecule has 0 saturated carbocycles. The Kier molecular flexibility index (Phi) is 7.73. The minimum atomic E-state index is -0.677. The second-order valence-electron chi connectivity index (χ2n) is 7.96. The number of nitrogens with zero attached hydrogens (tertiary/aromatic N) is 2. The lowest BCUT2D eigenvalue weighted by Crippen LogP contribution is -2.44. The smallest absolute Gasteiger partial charge is 0.238 e. The van der Waals surface area contributed by atoms with Crippen LogP contribution in [0.15, 0.2) is 71.7 Å². The lowest BCUT2D eigenvalue weighted by atomic mass is 10.2. The molecule has 1 N–H and O–H groups in total. The molecule has 1 unspecified atom stereocenters. The van der Waals surface area contributed by atoms with E-state index < -0.39 is 5.25 Å². The number of amides is 2. The van der Waals surface area contributed by atoms with Gasteiger partial charge in [0.15, 0.2) is 5.17 Å². The minimum absolute atomic E-state index is 0.00107. The summed E-state index contributed by atoms with van der Waals surface area (Å²) in [7, 11) is 1.57. The van der Waals surface area contributed by atoms with E-state index in [1.54, 1.807) is 55.6 Å². The average Bonchev–Trinajstić information content (AvgIpc) is 2.85. The Morgan fingerprint density at radius 2 is 1.89 bits per heavy atom. The molecule has 1 fully saturated rings. The summed E-state index contributed by atoms with van der Waals surface area (Å²) in [5, 5.41) is 3.10. The molecule has 0 bridgehead atoms. The normalized spacial score (nSPS) is 16.9. The van der Waals surface area contributed by atoms with E-state index in [9.17, 15) is 14.0 Å². The number of halogens is 2. The van der Waals surface area contributed by atoms with Crippen molar-refractivity contribution in [3.63, 3.8) is 0 Å². The van der Waals surface area contributed by atoms with Crippen LogP contribution in [-0.4, -0.2) is 34.2 Å². The van der Waals surface area contributed by atoms with Crippen LogP contribution in [0.4, 0.5) is 15.8 Å². The second kappa shape index (κ2) is 10.9. The van der Waals surface area contributed by atoms with Crippen LogP contribution in [-0.2, 0) is 16.1 Å². The van der Waals surface area contributed by atoms with Gasteiger partial charge in [0.1, 0.15) is 16.8 Å². The predicted molar refractivity (Wildman–Crippen MR) is 138 cm³/mol. The highest BCUT2D eigenvalue weighted by atomic mass is 35.5. The maximum absolute atomic E-state index is 13.4. The molecule has 1 saturated heterocycles. The van der Waals surface area contributed by atoms with Gasteiger partial charge in [0.05, 0.1) is 19.3 Å². The Balaban J connectivity index is 1.59. The molecule has 1 heterocycles. The molecule has 35 heavy (non-hydrogen) atoms. The number of ether oxygens (including phenoxy) is 1. The maximum Gasteiger partial charge on any atom is 0.238 e. The van der Waals surface area contributed by atoms with Gasteiger partial charge in [-0.25, -0.2) is 9.38 Å². The number of thioether (sulfide) groups is 1. The first-order valence-electron chi connectivity index (χ1n) is 10.8. The summed E-state index contributed by atoms with van der Waals surface area (Å²) in [5.41, 5.74) is 2.81. The van der Waals surface area contributed by atoms with Crippen LogP contribution >= 0.6 is 23.4 Å². The standard InChI is InChI=1S/C26H23ClFN3O3S/c1-16-3-8-20(13-22(16)27)29-25(33)23-14-24(32)31(15-17-4-6-18(28)7-5-17)26(35-23)30-19-9-11-21(34-2)12-10-19/h3-13,23H,14-15H2,1-2H3,(H,29,33). The quantitative estimate of drug-likeness (QED) is 0.443. The molecule has 3 aromatic carbocycles. The number of hydrogen-bond acceptors (Lipinski definition) is 5. The Morgan fingerprint density at radius 3 is 2.54 bits per heavy atom. The fourth-order valence-corrected chi connectivity index (χ4v) is 4.71. The summed E-state index contributed by atoms with van der Waals surface area (Å²) >= 11 is 7.39. The number of methoxy groups -OCH3 is 1. The van der Waals surface area contributed by atoms with Crippen LogP contribution in [0.1, 0.15) is 17.5 Å². The van der Waals surface area contributed by atoms with Gasteiger partial charge in [-0.15, -0.1) is 0 Å². The number of amidine groups is 1. The number of aryl methyl sites for hydroxylation is 1. The molecule has 3 aromatic rings. The molecule has 0 aromatic heterocycles. The third-order valence-electron chi connectivity index (χ3n) is 5.42. The monoisotopic (exact) mass is 511 g/mol. The summed E-state index contributed by atoms with van der Waals surface area (Å²) in [4.78, 5) is 32.4. The Morgan fingerprint density at radius 1 is 1.17 bits per heavy atom. The highest BCUT2D eigenvalue weighted by Gasteiger charge is 2.36. The molecule has 6 nitrogen and oxygen atoms in total. The molecule has 0 radical (unpaired) electrons. The molecule has 2 amide bonds. The molecular formula is C26H23ClFN3O3S. The third kappa shape index (κ3) is 6.21. The lowest BCUT2D eigenvalue weighted by molar-refractivity contribution is -0.129. The van der Waals surface area contributed by atoms with Crippen molar-refractivity contribution in [3.05, 3.63) is 88.7 Å². The SMILES string of the molecule is COc1ccc(N=C2SC(C(=O)Nc3ccc(C)c(Cl)c3)CC(=O)N2Cc2ccc(F)cc2)cc1. The van der Waals surface area contributed by atoms with Crippen LogP contribution in [0, 0.1) is 12.7 Å². The molecule has 1 aliphatic rings. The zero-order valence-corrected chi connectivity index (χ0v) is 20.7. The number of anilines is 1. The number of hydrogen-bond donors (Lipinski definition) is 1. The van der Waals surface area contributed by atoms with Crippen molar-refractivity contribution in [1.82, 2.24) is 4.90 Å². The first-order valence-corrected chi connectivity index (χ1v) is 12.1. The fraction of sp³-hybridized carbons (Fsp3) is 0.192. The molecule has 9 heteroatoms. The molecule has 4 rings (SSSR count). The highest BCUT2D eigenvalue weighted by molar-refractivity contribution is 8.15. The van der Waals surface area contributed by atoms with Crippen LogP contribution < -0.4 is 10.1 Å². The van der Waals surface area contributed by atoms with Gasteiger partial charge in [0, 0.05) is 17.1 Å². The van der Waals surface area contributed by atoms with E-state index in [0.29, 0.717) is 27.3 Å². The van der Waals surface area contributed by atoms with Gasteiger partial charge in [-0.2, -0.15) is 0 Å². The number of carbonyl (C=O) groups is 2. The summed E-state index contributed by atoms with van der Waals surface area (Å²) in [6.07, 6.45) is -0.00107. The van der Waals surface area contributed by atoms with Crippen molar-refractivity contribution in [3.8, 4) is 5.75 Å². The first-order chi connectivity index (χ1) is 16.8. The largest absolute Gasteiger partial charge is 0.497 e. The maximum atomic E-state index is 13.4. The van der Waals surface area contributed by atoms with Crippen LogP contribution in [0.5, 0.6) is 5.75 Å². The van der Waals surface area contributed by atoms with Gasteiger partial charge in [0.2, 0.25) is 11.8 Å². The molecule has 1 aliphatic heterocycles. The summed E-state index contributed by atoms with van der Waals surface area (Å²) < 4.78 is 18.6.